The van der Waals surface area contributed by atoms with Gasteiger partial charge in [0.25, 0.3) is 0 Å². The molecule has 0 spiro atoms. The SMILES string of the molecule is Cl.Nc1ncc(I)cc1CCl. The number of halogens is 3. The molecule has 2 nitrogen and oxygen atoms in total. The predicted octanol–water partition coefficient (Wildman–Crippen LogP) is 2.43. The van der Waals surface area contributed by atoms with Crippen molar-refractivity contribution >= 4 is 52.4 Å². The minimum absolute atomic E-state index is 0. The van der Waals surface area contributed by atoms with E-state index in [9.17, 15) is 0 Å². The molecule has 0 unspecified atom stereocenters. The summed E-state index contributed by atoms with van der Waals surface area (Å²) >= 11 is 7.75. The minimum atomic E-state index is 0. The van der Waals surface area contributed by atoms with Crippen LogP contribution in [0.15, 0.2) is 12.3 Å². The van der Waals surface area contributed by atoms with Gasteiger partial charge in [-0.05, 0) is 28.7 Å². The number of nitrogens with two attached hydrogens (primary N) is 1. The molecule has 1 aromatic rings. The van der Waals surface area contributed by atoms with E-state index >= 15 is 0 Å². The first-order chi connectivity index (χ1) is 4.74. The lowest BCUT2D eigenvalue weighted by atomic mass is 10.3. The molecule has 1 heterocycles. The third-order valence-electron chi connectivity index (χ3n) is 1.11. The Morgan fingerprint density at radius 3 is 2.73 bits per heavy atom. The second-order valence-corrected chi connectivity index (χ2v) is 3.34. The fraction of sp³-hybridized carbons (Fsp3) is 0.167. The Bertz CT molecular complexity index is 242. The van der Waals surface area contributed by atoms with Crippen LogP contribution in [-0.2, 0) is 5.88 Å². The Morgan fingerprint density at radius 2 is 2.27 bits per heavy atom. The Balaban J connectivity index is 0.000001000. The second kappa shape index (κ2) is 5.00. The summed E-state index contributed by atoms with van der Waals surface area (Å²) in [5, 5.41) is 0. The van der Waals surface area contributed by atoms with Crippen LogP contribution < -0.4 is 5.73 Å². The van der Waals surface area contributed by atoms with Crippen LogP contribution in [0.3, 0.4) is 0 Å². The topological polar surface area (TPSA) is 38.9 Å². The van der Waals surface area contributed by atoms with Gasteiger partial charge in [0.2, 0.25) is 0 Å². The Hall–Kier alpha value is 0.260. The van der Waals surface area contributed by atoms with Gasteiger partial charge in [0.1, 0.15) is 5.82 Å². The number of rotatable bonds is 1. The molecule has 0 aliphatic heterocycles. The van der Waals surface area contributed by atoms with E-state index in [1.807, 2.05) is 6.07 Å². The van der Waals surface area contributed by atoms with Crippen LogP contribution in [0.25, 0.3) is 0 Å². The average molecular weight is 305 g/mol. The average Bonchev–Trinajstić information content (AvgIpc) is 1.94. The summed E-state index contributed by atoms with van der Waals surface area (Å²) < 4.78 is 1.06. The van der Waals surface area contributed by atoms with Crippen molar-refractivity contribution in [1.82, 2.24) is 4.98 Å². The Kier molecular flexibility index (Phi) is 5.12. The monoisotopic (exact) mass is 304 g/mol. The number of alkyl halides is 1. The second-order valence-electron chi connectivity index (χ2n) is 1.83. The predicted molar refractivity (Wildman–Crippen MR) is 58.2 cm³/mol. The fourth-order valence-electron chi connectivity index (χ4n) is 0.599. The molecular formula is C6H7Cl2IN2. The van der Waals surface area contributed by atoms with E-state index in [0.717, 1.165) is 9.13 Å². The summed E-state index contributed by atoms with van der Waals surface area (Å²) in [6.07, 6.45) is 1.71. The van der Waals surface area contributed by atoms with E-state index in [1.165, 1.54) is 0 Å². The van der Waals surface area contributed by atoms with Crippen LogP contribution in [0.2, 0.25) is 0 Å². The van der Waals surface area contributed by atoms with Gasteiger partial charge in [-0.2, -0.15) is 0 Å². The lowest BCUT2D eigenvalue weighted by Gasteiger charge is -1.99. The van der Waals surface area contributed by atoms with Gasteiger partial charge in [-0.25, -0.2) is 4.98 Å². The van der Waals surface area contributed by atoms with Crippen LogP contribution in [0.5, 0.6) is 0 Å². The van der Waals surface area contributed by atoms with Crippen molar-refractivity contribution in [3.05, 3.63) is 21.4 Å². The number of nitrogens with zero attached hydrogens (tertiary/aromatic N) is 1. The van der Waals surface area contributed by atoms with Crippen LogP contribution in [-0.4, -0.2) is 4.98 Å². The first-order valence-corrected chi connectivity index (χ1v) is 4.31. The number of hydrogen-bond acceptors (Lipinski definition) is 2. The van der Waals surface area contributed by atoms with E-state index in [0.29, 0.717) is 11.7 Å². The first kappa shape index (κ1) is 11.3. The van der Waals surface area contributed by atoms with Crippen LogP contribution in [0.4, 0.5) is 5.82 Å². The zero-order chi connectivity index (χ0) is 7.56. The van der Waals surface area contributed by atoms with Gasteiger partial charge in [0.15, 0.2) is 0 Å². The zero-order valence-corrected chi connectivity index (χ0v) is 9.28. The van der Waals surface area contributed by atoms with Crippen LogP contribution in [0.1, 0.15) is 5.56 Å². The molecule has 0 aliphatic rings. The van der Waals surface area contributed by atoms with Crippen molar-refractivity contribution in [1.29, 1.82) is 0 Å². The fourth-order valence-corrected chi connectivity index (χ4v) is 1.33. The van der Waals surface area contributed by atoms with Gasteiger partial charge in [-0.1, -0.05) is 0 Å². The summed E-state index contributed by atoms with van der Waals surface area (Å²) in [5.74, 6) is 0.950. The molecule has 62 valence electrons. The molecule has 0 fully saturated rings. The molecule has 0 saturated heterocycles. The Labute approximate surface area is 90.1 Å². The van der Waals surface area contributed by atoms with Crippen molar-refractivity contribution in [3.63, 3.8) is 0 Å². The molecule has 0 saturated carbocycles. The number of anilines is 1. The van der Waals surface area contributed by atoms with Crippen molar-refractivity contribution < 1.29 is 0 Å². The van der Waals surface area contributed by atoms with Gasteiger partial charge >= 0.3 is 0 Å². The van der Waals surface area contributed by atoms with E-state index in [1.54, 1.807) is 6.20 Å². The highest BCUT2D eigenvalue weighted by atomic mass is 127. The Morgan fingerprint density at radius 1 is 1.64 bits per heavy atom. The van der Waals surface area contributed by atoms with Crippen molar-refractivity contribution in [2.75, 3.05) is 5.73 Å². The molecule has 5 heteroatoms. The molecule has 0 amide bonds. The lowest BCUT2D eigenvalue weighted by Crippen LogP contribution is -1.95. The molecule has 0 radical (unpaired) electrons. The molecule has 0 atom stereocenters. The molecule has 11 heavy (non-hydrogen) atoms. The highest BCUT2D eigenvalue weighted by Crippen LogP contribution is 2.13. The smallest absolute Gasteiger partial charge is 0.127 e. The molecule has 1 rings (SSSR count). The van der Waals surface area contributed by atoms with Gasteiger partial charge < -0.3 is 5.73 Å². The molecular weight excluding hydrogens is 298 g/mol. The summed E-state index contributed by atoms with van der Waals surface area (Å²) in [7, 11) is 0. The summed E-state index contributed by atoms with van der Waals surface area (Å²) in [6, 6.07) is 1.93. The van der Waals surface area contributed by atoms with E-state index in [-0.39, 0.29) is 12.4 Å². The van der Waals surface area contributed by atoms with E-state index in [2.05, 4.69) is 27.6 Å². The lowest BCUT2D eigenvalue weighted by molar-refractivity contribution is 1.24. The number of aromatic nitrogens is 1. The van der Waals surface area contributed by atoms with Gasteiger partial charge in [0, 0.05) is 15.3 Å². The van der Waals surface area contributed by atoms with Crippen LogP contribution >= 0.6 is 46.6 Å². The van der Waals surface area contributed by atoms with Gasteiger partial charge in [-0.3, -0.25) is 0 Å². The third-order valence-corrected chi connectivity index (χ3v) is 1.99. The van der Waals surface area contributed by atoms with Crippen molar-refractivity contribution in [2.24, 2.45) is 0 Å². The third kappa shape index (κ3) is 3.01. The standard InChI is InChI=1S/C6H6ClIN2.ClH/c7-2-4-1-5(8)3-10-6(4)9;/h1,3H,2H2,(H2,9,10);1H. The van der Waals surface area contributed by atoms with Crippen molar-refractivity contribution in [3.8, 4) is 0 Å². The maximum Gasteiger partial charge on any atom is 0.127 e. The summed E-state index contributed by atoms with van der Waals surface area (Å²) in [5.41, 5.74) is 6.40. The largest absolute Gasteiger partial charge is 0.383 e. The van der Waals surface area contributed by atoms with Gasteiger partial charge in [-0.15, -0.1) is 24.0 Å². The normalized spacial score (nSPS) is 8.91. The first-order valence-electron chi connectivity index (χ1n) is 2.70. The molecule has 1 aromatic heterocycles. The number of hydrogen-bond donors (Lipinski definition) is 1. The maximum absolute atomic E-state index is 5.58. The van der Waals surface area contributed by atoms with E-state index in [4.69, 9.17) is 17.3 Å². The number of nitrogen functional groups attached to an aromatic ring is 1. The highest BCUT2D eigenvalue weighted by molar-refractivity contribution is 14.1. The molecule has 0 aliphatic carbocycles. The summed E-state index contributed by atoms with van der Waals surface area (Å²) in [4.78, 5) is 3.94. The molecule has 0 bridgehead atoms. The van der Waals surface area contributed by atoms with Crippen molar-refractivity contribution in [2.45, 2.75) is 5.88 Å². The maximum atomic E-state index is 5.58. The molecule has 2 N–H and O–H groups in total. The quantitative estimate of drug-likeness (QED) is 0.639. The van der Waals surface area contributed by atoms with Crippen LogP contribution in [0, 0.1) is 3.57 Å². The summed E-state index contributed by atoms with van der Waals surface area (Å²) in [6.45, 7) is 0. The van der Waals surface area contributed by atoms with Gasteiger partial charge in [0.05, 0.1) is 5.88 Å². The zero-order valence-electron chi connectivity index (χ0n) is 5.55. The van der Waals surface area contributed by atoms with E-state index < -0.39 is 0 Å². The number of pyridine rings is 1. The highest BCUT2D eigenvalue weighted by Gasteiger charge is 1.97. The molecule has 0 aromatic carbocycles. The minimum Gasteiger partial charge on any atom is -0.383 e.